The zero-order valence-corrected chi connectivity index (χ0v) is 11.3. The predicted octanol–water partition coefficient (Wildman–Crippen LogP) is 5.42. The molecule has 0 radical (unpaired) electrons. The summed E-state index contributed by atoms with van der Waals surface area (Å²) in [6.07, 6.45) is 3.59. The number of hydrogen-bond acceptors (Lipinski definition) is 0. The van der Waals surface area contributed by atoms with Gasteiger partial charge >= 0.3 is 0 Å². The van der Waals surface area contributed by atoms with Gasteiger partial charge in [-0.1, -0.05) is 76.6 Å². The van der Waals surface area contributed by atoms with Gasteiger partial charge in [0, 0.05) is 0 Å². The van der Waals surface area contributed by atoms with Crippen LogP contribution in [0.4, 0.5) is 0 Å². The fourth-order valence-electron chi connectivity index (χ4n) is 2.10. The summed E-state index contributed by atoms with van der Waals surface area (Å²) >= 11 is 0. The first-order chi connectivity index (χ1) is 8.70. The van der Waals surface area contributed by atoms with E-state index in [4.69, 9.17) is 0 Å². The molecule has 0 unspecified atom stereocenters. The molecular weight excluding hydrogens is 216 g/mol. The molecule has 0 spiro atoms. The van der Waals surface area contributed by atoms with Crippen molar-refractivity contribution in [1.82, 2.24) is 0 Å². The second-order valence-electron chi connectivity index (χ2n) is 3.74. The van der Waals surface area contributed by atoms with Gasteiger partial charge in [-0.15, -0.1) is 0 Å². The van der Waals surface area contributed by atoms with Crippen molar-refractivity contribution in [3.05, 3.63) is 85.0 Å². The third-order valence-corrected chi connectivity index (χ3v) is 2.91. The lowest BCUT2D eigenvalue weighted by molar-refractivity contribution is 1.50. The van der Waals surface area contributed by atoms with Crippen LogP contribution in [-0.2, 0) is 0 Å². The number of rotatable bonds is 2. The number of fused-ring (bicyclic) bond motifs is 1. The Morgan fingerprint density at radius 2 is 1.28 bits per heavy atom. The number of allylic oxidation sites excluding steroid dienone is 6. The molecular formula is C18H20. The quantitative estimate of drug-likeness (QED) is 0.643. The molecule has 0 atom stereocenters. The first kappa shape index (κ1) is 14.0. The third-order valence-electron chi connectivity index (χ3n) is 2.91. The molecule has 92 valence electrons. The fourth-order valence-corrected chi connectivity index (χ4v) is 2.10. The molecule has 0 fully saturated rings. The molecule has 0 aromatic heterocycles. The smallest absolute Gasteiger partial charge is 0.00387 e. The van der Waals surface area contributed by atoms with Crippen LogP contribution in [0.15, 0.2) is 73.9 Å². The van der Waals surface area contributed by atoms with E-state index in [2.05, 4.69) is 38.4 Å². The molecule has 0 heterocycles. The highest BCUT2D eigenvalue weighted by Gasteiger charge is 2.24. The van der Waals surface area contributed by atoms with E-state index in [1.165, 1.54) is 0 Å². The van der Waals surface area contributed by atoms with Crippen molar-refractivity contribution in [2.45, 2.75) is 13.8 Å². The van der Waals surface area contributed by atoms with E-state index in [-0.39, 0.29) is 0 Å². The molecule has 0 saturated carbocycles. The average molecular weight is 236 g/mol. The molecule has 0 heteroatoms. The average Bonchev–Trinajstić information content (AvgIpc) is 2.68. The van der Waals surface area contributed by atoms with Crippen molar-refractivity contribution in [2.24, 2.45) is 0 Å². The lowest BCUT2D eigenvalue weighted by Crippen LogP contribution is -1.83. The van der Waals surface area contributed by atoms with Gasteiger partial charge in [-0.2, -0.15) is 0 Å². The molecule has 18 heavy (non-hydrogen) atoms. The van der Waals surface area contributed by atoms with Crippen molar-refractivity contribution >= 4 is 11.1 Å². The Morgan fingerprint density at radius 3 is 1.61 bits per heavy atom. The maximum Gasteiger partial charge on any atom is -0.00387 e. The Hall–Kier alpha value is -2.08. The van der Waals surface area contributed by atoms with Crippen molar-refractivity contribution in [3.63, 3.8) is 0 Å². The molecule has 0 amide bonds. The SMILES string of the molecule is C=CC(C=C)=C1C(=C)c2ccccc2C1=C.CC. The lowest BCUT2D eigenvalue weighted by atomic mass is 9.99. The van der Waals surface area contributed by atoms with Crippen LogP contribution in [0.2, 0.25) is 0 Å². The van der Waals surface area contributed by atoms with E-state index < -0.39 is 0 Å². The minimum Gasteiger partial charge on any atom is -0.0984 e. The van der Waals surface area contributed by atoms with Crippen LogP contribution in [0.3, 0.4) is 0 Å². The van der Waals surface area contributed by atoms with Crippen LogP contribution < -0.4 is 0 Å². The molecule has 1 aliphatic rings. The second kappa shape index (κ2) is 6.02. The Labute approximate surface area is 110 Å². The maximum atomic E-state index is 4.13. The molecule has 0 saturated heterocycles. The fraction of sp³-hybridized carbons (Fsp3) is 0.111. The van der Waals surface area contributed by atoms with Gasteiger partial charge in [0.1, 0.15) is 0 Å². The van der Waals surface area contributed by atoms with Crippen molar-refractivity contribution in [1.29, 1.82) is 0 Å². The lowest BCUT2D eigenvalue weighted by Gasteiger charge is -2.04. The van der Waals surface area contributed by atoms with Crippen LogP contribution >= 0.6 is 0 Å². The van der Waals surface area contributed by atoms with Crippen molar-refractivity contribution in [3.8, 4) is 0 Å². The van der Waals surface area contributed by atoms with Gasteiger partial charge in [0.15, 0.2) is 0 Å². The maximum absolute atomic E-state index is 4.13. The van der Waals surface area contributed by atoms with E-state index in [0.717, 1.165) is 33.4 Å². The van der Waals surface area contributed by atoms with E-state index >= 15 is 0 Å². The van der Waals surface area contributed by atoms with Gasteiger partial charge in [-0.25, -0.2) is 0 Å². The first-order valence-electron chi connectivity index (χ1n) is 6.18. The summed E-state index contributed by atoms with van der Waals surface area (Å²) in [5.74, 6) is 0. The Balaban J connectivity index is 0.000000771. The molecule has 1 aliphatic carbocycles. The Bertz CT molecular complexity index is 492. The Kier molecular flexibility index (Phi) is 4.67. The summed E-state index contributed by atoms with van der Waals surface area (Å²) in [5, 5.41) is 0. The minimum absolute atomic E-state index is 0.992. The van der Waals surface area contributed by atoms with Crippen molar-refractivity contribution < 1.29 is 0 Å². The van der Waals surface area contributed by atoms with Gasteiger partial charge in [-0.3, -0.25) is 0 Å². The molecule has 1 aromatic rings. The summed E-state index contributed by atoms with van der Waals surface area (Å²) in [7, 11) is 0. The molecule has 0 N–H and O–H groups in total. The van der Waals surface area contributed by atoms with E-state index in [1.54, 1.807) is 12.2 Å². The zero-order valence-electron chi connectivity index (χ0n) is 11.3. The van der Waals surface area contributed by atoms with Crippen LogP contribution in [0.5, 0.6) is 0 Å². The highest BCUT2D eigenvalue weighted by atomic mass is 14.3. The van der Waals surface area contributed by atoms with E-state index in [9.17, 15) is 0 Å². The molecule has 2 rings (SSSR count). The molecule has 1 aromatic carbocycles. The standard InChI is InChI=1S/C16H14.C2H6/c1-5-13(6-2)16-11(3)14-9-7-8-10-15(14)12(16)4;1-2/h5-10H,1-4H2;1-2H3. The topological polar surface area (TPSA) is 0 Å². The second-order valence-corrected chi connectivity index (χ2v) is 3.74. The summed E-state index contributed by atoms with van der Waals surface area (Å²) < 4.78 is 0. The highest BCUT2D eigenvalue weighted by Crippen LogP contribution is 2.44. The van der Waals surface area contributed by atoms with Crippen molar-refractivity contribution in [2.75, 3.05) is 0 Å². The summed E-state index contributed by atoms with van der Waals surface area (Å²) in [6, 6.07) is 8.17. The minimum atomic E-state index is 0.992. The molecule has 0 aliphatic heterocycles. The number of hydrogen-bond donors (Lipinski definition) is 0. The number of benzene rings is 1. The van der Waals surface area contributed by atoms with Gasteiger partial charge in [0.05, 0.1) is 0 Å². The third kappa shape index (κ3) is 2.14. The summed E-state index contributed by atoms with van der Waals surface area (Å²) in [4.78, 5) is 0. The first-order valence-corrected chi connectivity index (χ1v) is 6.18. The monoisotopic (exact) mass is 236 g/mol. The summed E-state index contributed by atoms with van der Waals surface area (Å²) in [6.45, 7) is 19.9. The van der Waals surface area contributed by atoms with Gasteiger partial charge in [0.2, 0.25) is 0 Å². The van der Waals surface area contributed by atoms with E-state index in [1.807, 2.05) is 26.0 Å². The Morgan fingerprint density at radius 1 is 0.889 bits per heavy atom. The van der Waals surface area contributed by atoms with Gasteiger partial charge in [0.25, 0.3) is 0 Å². The van der Waals surface area contributed by atoms with Gasteiger partial charge in [-0.05, 0) is 33.4 Å². The predicted molar refractivity (Wildman–Crippen MR) is 83.3 cm³/mol. The van der Waals surface area contributed by atoms with Crippen LogP contribution in [0.25, 0.3) is 11.1 Å². The largest absolute Gasteiger partial charge is 0.0984 e. The van der Waals surface area contributed by atoms with E-state index in [0.29, 0.717) is 0 Å². The highest BCUT2D eigenvalue weighted by molar-refractivity contribution is 6.07. The summed E-state index contributed by atoms with van der Waals surface area (Å²) in [5.41, 5.74) is 6.38. The van der Waals surface area contributed by atoms with Gasteiger partial charge < -0.3 is 0 Å². The molecule has 0 nitrogen and oxygen atoms in total. The van der Waals surface area contributed by atoms with Crippen LogP contribution in [0.1, 0.15) is 25.0 Å². The zero-order chi connectivity index (χ0) is 13.7. The molecule has 0 bridgehead atoms. The normalized spacial score (nSPS) is 12.4. The van der Waals surface area contributed by atoms with Crippen LogP contribution in [0, 0.1) is 0 Å². The van der Waals surface area contributed by atoms with Crippen LogP contribution in [-0.4, -0.2) is 0 Å².